The SMILES string of the molecule is COC(=O)C(CSc1ccc(N)cn1)NC(C)=O. The molecule has 6 nitrogen and oxygen atoms in total. The van der Waals surface area contributed by atoms with Gasteiger partial charge < -0.3 is 15.8 Å². The largest absolute Gasteiger partial charge is 0.467 e. The monoisotopic (exact) mass is 269 g/mol. The molecule has 1 aromatic rings. The van der Waals surface area contributed by atoms with Crippen molar-refractivity contribution in [2.75, 3.05) is 18.6 Å². The molecule has 3 N–H and O–H groups in total. The maximum Gasteiger partial charge on any atom is 0.329 e. The van der Waals surface area contributed by atoms with Gasteiger partial charge in [0.15, 0.2) is 0 Å². The average molecular weight is 269 g/mol. The number of carbonyl (C=O) groups excluding carboxylic acids is 2. The highest BCUT2D eigenvalue weighted by molar-refractivity contribution is 7.99. The van der Waals surface area contributed by atoms with Crippen molar-refractivity contribution in [1.29, 1.82) is 0 Å². The molecule has 0 aliphatic rings. The number of nitrogens with two attached hydrogens (primary N) is 1. The van der Waals surface area contributed by atoms with Gasteiger partial charge in [-0.3, -0.25) is 4.79 Å². The second kappa shape index (κ2) is 6.85. The van der Waals surface area contributed by atoms with Crippen molar-refractivity contribution in [3.05, 3.63) is 18.3 Å². The fourth-order valence-electron chi connectivity index (χ4n) is 1.20. The van der Waals surface area contributed by atoms with Crippen LogP contribution in [0.25, 0.3) is 0 Å². The molecule has 0 aliphatic carbocycles. The number of aromatic nitrogens is 1. The molecule has 0 aromatic carbocycles. The van der Waals surface area contributed by atoms with Gasteiger partial charge in [0.1, 0.15) is 6.04 Å². The van der Waals surface area contributed by atoms with Crippen molar-refractivity contribution in [3.63, 3.8) is 0 Å². The predicted octanol–water partition coefficient (Wildman–Crippen LogP) is 0.434. The summed E-state index contributed by atoms with van der Waals surface area (Å²) in [5.74, 6) is -0.409. The van der Waals surface area contributed by atoms with Crippen LogP contribution in [0.15, 0.2) is 23.4 Å². The number of nitrogen functional groups attached to an aromatic ring is 1. The second-order valence-corrected chi connectivity index (χ2v) is 4.56. The molecular weight excluding hydrogens is 254 g/mol. The normalized spacial score (nSPS) is 11.7. The summed E-state index contributed by atoms with van der Waals surface area (Å²) in [4.78, 5) is 26.5. The third-order valence-electron chi connectivity index (χ3n) is 2.02. The number of pyridine rings is 1. The number of anilines is 1. The van der Waals surface area contributed by atoms with Crippen molar-refractivity contribution >= 4 is 29.3 Å². The van der Waals surface area contributed by atoms with Gasteiger partial charge >= 0.3 is 5.97 Å². The van der Waals surface area contributed by atoms with Crippen molar-refractivity contribution in [2.24, 2.45) is 0 Å². The molecule has 1 rings (SSSR count). The first-order chi connectivity index (χ1) is 8.52. The Labute approximate surface area is 109 Å². The molecule has 1 aromatic heterocycles. The first-order valence-corrected chi connectivity index (χ1v) is 6.20. The van der Waals surface area contributed by atoms with Gasteiger partial charge in [0.25, 0.3) is 0 Å². The summed E-state index contributed by atoms with van der Waals surface area (Å²) in [6, 6.07) is 2.79. The molecule has 0 fully saturated rings. The van der Waals surface area contributed by atoms with Gasteiger partial charge in [-0.2, -0.15) is 0 Å². The first-order valence-electron chi connectivity index (χ1n) is 5.22. The second-order valence-electron chi connectivity index (χ2n) is 3.52. The average Bonchev–Trinajstić information content (AvgIpc) is 2.35. The molecule has 0 radical (unpaired) electrons. The van der Waals surface area contributed by atoms with E-state index in [1.165, 1.54) is 32.0 Å². The Bertz CT molecular complexity index is 422. The van der Waals surface area contributed by atoms with Crippen LogP contribution in [0.5, 0.6) is 0 Å². The molecular formula is C11H15N3O3S. The number of hydrogen-bond acceptors (Lipinski definition) is 6. The number of hydrogen-bond donors (Lipinski definition) is 2. The molecule has 1 amide bonds. The highest BCUT2D eigenvalue weighted by Crippen LogP contribution is 2.17. The zero-order valence-corrected chi connectivity index (χ0v) is 11.0. The number of nitrogens with one attached hydrogen (secondary N) is 1. The van der Waals surface area contributed by atoms with Gasteiger partial charge in [-0.05, 0) is 12.1 Å². The highest BCUT2D eigenvalue weighted by atomic mass is 32.2. The van der Waals surface area contributed by atoms with Crippen molar-refractivity contribution in [1.82, 2.24) is 10.3 Å². The predicted molar refractivity (Wildman–Crippen MR) is 69.0 cm³/mol. The highest BCUT2D eigenvalue weighted by Gasteiger charge is 2.20. The third-order valence-corrected chi connectivity index (χ3v) is 3.06. The van der Waals surface area contributed by atoms with E-state index in [9.17, 15) is 9.59 Å². The Morgan fingerprint density at radius 1 is 1.56 bits per heavy atom. The van der Waals surface area contributed by atoms with Crippen molar-refractivity contribution in [2.45, 2.75) is 18.0 Å². The van der Waals surface area contributed by atoms with E-state index in [4.69, 9.17) is 5.73 Å². The molecule has 0 saturated carbocycles. The minimum Gasteiger partial charge on any atom is -0.467 e. The standard InChI is InChI=1S/C11H15N3O3S/c1-7(15)14-9(11(16)17-2)6-18-10-4-3-8(12)5-13-10/h3-5,9H,6,12H2,1-2H3,(H,14,15). The number of esters is 1. The number of ether oxygens (including phenoxy) is 1. The molecule has 7 heteroatoms. The molecule has 1 atom stereocenters. The molecule has 1 heterocycles. The Hall–Kier alpha value is -1.76. The maximum atomic E-state index is 11.4. The topological polar surface area (TPSA) is 94.3 Å². The Balaban J connectivity index is 2.58. The van der Waals surface area contributed by atoms with Crippen LogP contribution in [0.4, 0.5) is 5.69 Å². The molecule has 0 bridgehead atoms. The van der Waals surface area contributed by atoms with Gasteiger partial charge in [-0.15, -0.1) is 11.8 Å². The van der Waals surface area contributed by atoms with E-state index >= 15 is 0 Å². The molecule has 18 heavy (non-hydrogen) atoms. The van der Waals surface area contributed by atoms with E-state index in [2.05, 4.69) is 15.0 Å². The lowest BCUT2D eigenvalue weighted by molar-refractivity contribution is -0.144. The number of rotatable bonds is 5. The lowest BCUT2D eigenvalue weighted by Gasteiger charge is -2.14. The molecule has 1 unspecified atom stereocenters. The fourth-order valence-corrected chi connectivity index (χ4v) is 2.05. The number of carbonyl (C=O) groups is 2. The quantitative estimate of drug-likeness (QED) is 0.595. The lowest BCUT2D eigenvalue weighted by atomic mass is 10.3. The van der Waals surface area contributed by atoms with Crippen LogP contribution in [0.3, 0.4) is 0 Å². The zero-order valence-electron chi connectivity index (χ0n) is 10.2. The van der Waals surface area contributed by atoms with Gasteiger partial charge in [0, 0.05) is 12.7 Å². The minimum atomic E-state index is -0.683. The number of amides is 1. The Kier molecular flexibility index (Phi) is 5.44. The Morgan fingerprint density at radius 2 is 2.28 bits per heavy atom. The summed E-state index contributed by atoms with van der Waals surface area (Å²) in [5, 5.41) is 3.25. The van der Waals surface area contributed by atoms with Gasteiger partial charge in [0.05, 0.1) is 24.0 Å². The summed E-state index contributed by atoms with van der Waals surface area (Å²) in [6.07, 6.45) is 1.54. The van der Waals surface area contributed by atoms with Crippen LogP contribution in [-0.2, 0) is 14.3 Å². The summed E-state index contributed by atoms with van der Waals surface area (Å²) in [6.45, 7) is 1.35. The van der Waals surface area contributed by atoms with E-state index < -0.39 is 12.0 Å². The van der Waals surface area contributed by atoms with Crippen LogP contribution in [0.1, 0.15) is 6.92 Å². The summed E-state index contributed by atoms with van der Waals surface area (Å²) < 4.78 is 4.61. The number of nitrogens with zero attached hydrogens (tertiary/aromatic N) is 1. The summed E-state index contributed by atoms with van der Waals surface area (Å²) in [5.41, 5.74) is 6.09. The first kappa shape index (κ1) is 14.3. The Morgan fingerprint density at radius 3 is 2.78 bits per heavy atom. The van der Waals surface area contributed by atoms with E-state index in [0.29, 0.717) is 11.4 Å². The van der Waals surface area contributed by atoms with Crippen LogP contribution in [0, 0.1) is 0 Å². The molecule has 0 aliphatic heterocycles. The van der Waals surface area contributed by atoms with Crippen LogP contribution in [-0.4, -0.2) is 35.8 Å². The summed E-state index contributed by atoms with van der Waals surface area (Å²) in [7, 11) is 1.28. The minimum absolute atomic E-state index is 0.281. The number of thioether (sulfide) groups is 1. The van der Waals surface area contributed by atoms with E-state index in [-0.39, 0.29) is 5.91 Å². The van der Waals surface area contributed by atoms with Crippen LogP contribution < -0.4 is 11.1 Å². The van der Waals surface area contributed by atoms with Crippen LogP contribution in [0.2, 0.25) is 0 Å². The summed E-state index contributed by atoms with van der Waals surface area (Å²) >= 11 is 1.34. The third kappa shape index (κ3) is 4.62. The van der Waals surface area contributed by atoms with Crippen molar-refractivity contribution in [3.8, 4) is 0 Å². The van der Waals surface area contributed by atoms with Gasteiger partial charge in [0.2, 0.25) is 5.91 Å². The van der Waals surface area contributed by atoms with Crippen LogP contribution >= 0.6 is 11.8 Å². The van der Waals surface area contributed by atoms with E-state index in [1.807, 2.05) is 0 Å². The van der Waals surface area contributed by atoms with E-state index in [1.54, 1.807) is 12.1 Å². The maximum absolute atomic E-state index is 11.4. The molecule has 0 saturated heterocycles. The smallest absolute Gasteiger partial charge is 0.329 e. The fraction of sp³-hybridized carbons (Fsp3) is 0.364. The lowest BCUT2D eigenvalue weighted by Crippen LogP contribution is -2.42. The molecule has 0 spiro atoms. The zero-order chi connectivity index (χ0) is 13.5. The van der Waals surface area contributed by atoms with Crippen molar-refractivity contribution < 1.29 is 14.3 Å². The van der Waals surface area contributed by atoms with Gasteiger partial charge in [-0.1, -0.05) is 0 Å². The molecule has 98 valence electrons. The van der Waals surface area contributed by atoms with Gasteiger partial charge in [-0.25, -0.2) is 9.78 Å². The van der Waals surface area contributed by atoms with E-state index in [0.717, 1.165) is 5.03 Å². The number of methoxy groups -OCH3 is 1.